The number of halogens is 4. The fourth-order valence-electron chi connectivity index (χ4n) is 8.64. The maximum atomic E-state index is 15.5. The summed E-state index contributed by atoms with van der Waals surface area (Å²) in [6, 6.07) is 51.8. The standard InChI is InChI=1S/C57H48Cl4N4O6Si/c1-57(2,3)72(48-11-7-5-8-12-48,49-13-9-6-10-14-49)71-50(36-64(53(66)39-17-25-43(58)26-18-39)54(67)40-19-27-44(59)28-20-40)51-52(63(37-62-51)35-38-15-33-47(70-4)34-16-38)65(55(68)41-21-29-45(60)30-22-41)56(69)42-23-31-46(61)32-24-42/h5-34,37,50H,35-36H2,1-4H3/t50-/m1/s1. The molecule has 0 aliphatic rings. The Morgan fingerprint density at radius 1 is 0.556 bits per heavy atom. The first-order valence-corrected chi connectivity index (χ1v) is 26.2. The van der Waals surface area contributed by atoms with Crippen LogP contribution in [0, 0.1) is 0 Å². The summed E-state index contributed by atoms with van der Waals surface area (Å²) in [4.78, 5) is 68.5. The van der Waals surface area contributed by atoms with Crippen LogP contribution in [0.4, 0.5) is 5.82 Å². The van der Waals surface area contributed by atoms with Gasteiger partial charge in [0.05, 0.1) is 26.5 Å². The van der Waals surface area contributed by atoms with Gasteiger partial charge in [-0.15, -0.1) is 0 Å². The molecule has 0 spiro atoms. The molecule has 0 saturated heterocycles. The van der Waals surface area contributed by atoms with E-state index in [1.807, 2.05) is 72.8 Å². The molecule has 15 heteroatoms. The van der Waals surface area contributed by atoms with Gasteiger partial charge in [0.25, 0.3) is 31.9 Å². The van der Waals surface area contributed by atoms with Crippen LogP contribution in [0.2, 0.25) is 25.1 Å². The van der Waals surface area contributed by atoms with Gasteiger partial charge in [-0.25, -0.2) is 9.88 Å². The molecule has 7 aromatic carbocycles. The second kappa shape index (κ2) is 22.3. The second-order valence-electron chi connectivity index (χ2n) is 17.9. The Morgan fingerprint density at radius 3 is 1.32 bits per heavy atom. The van der Waals surface area contributed by atoms with Crippen LogP contribution in [0.3, 0.4) is 0 Å². The Morgan fingerprint density at radius 2 is 0.944 bits per heavy atom. The third-order valence-corrected chi connectivity index (χ3v) is 18.3. The van der Waals surface area contributed by atoms with Gasteiger partial charge in [-0.05, 0) is 130 Å². The summed E-state index contributed by atoms with van der Waals surface area (Å²) in [7, 11) is -2.13. The number of nitrogens with zero attached hydrogens (tertiary/aromatic N) is 4. The number of hydrogen-bond donors (Lipinski definition) is 0. The molecular formula is C57H48Cl4N4O6Si. The number of carbonyl (C=O) groups excluding carboxylic acids is 4. The quantitative estimate of drug-likeness (QED) is 0.0743. The van der Waals surface area contributed by atoms with E-state index in [2.05, 4.69) is 20.8 Å². The fourth-order valence-corrected chi connectivity index (χ4v) is 13.8. The van der Waals surface area contributed by atoms with Crippen LogP contribution in [0.5, 0.6) is 5.75 Å². The minimum Gasteiger partial charge on any atom is -0.497 e. The van der Waals surface area contributed by atoms with Crippen molar-refractivity contribution in [2.24, 2.45) is 0 Å². The van der Waals surface area contributed by atoms with E-state index in [1.54, 1.807) is 72.3 Å². The number of imidazole rings is 1. The molecule has 1 aromatic heterocycles. The van der Waals surface area contributed by atoms with Crippen molar-refractivity contribution in [2.75, 3.05) is 18.6 Å². The van der Waals surface area contributed by atoms with Crippen molar-refractivity contribution < 1.29 is 28.3 Å². The zero-order valence-corrected chi connectivity index (χ0v) is 43.7. The average molecular weight is 1050 g/mol. The van der Waals surface area contributed by atoms with Crippen molar-refractivity contribution in [3.05, 3.63) is 242 Å². The molecule has 0 N–H and O–H groups in total. The number of rotatable bonds is 15. The van der Waals surface area contributed by atoms with E-state index in [1.165, 1.54) is 54.9 Å². The van der Waals surface area contributed by atoms with Crippen LogP contribution in [0.15, 0.2) is 188 Å². The van der Waals surface area contributed by atoms with E-state index in [-0.39, 0.29) is 40.3 Å². The maximum Gasteiger partial charge on any atom is 0.266 e. The predicted octanol–water partition coefficient (Wildman–Crippen LogP) is 12.6. The van der Waals surface area contributed by atoms with Crippen LogP contribution in [-0.4, -0.2) is 60.1 Å². The predicted molar refractivity (Wildman–Crippen MR) is 288 cm³/mol. The molecular weight excluding hydrogens is 1010 g/mol. The van der Waals surface area contributed by atoms with Crippen LogP contribution in [-0.2, 0) is 11.0 Å². The lowest BCUT2D eigenvalue weighted by atomic mass is 10.1. The molecule has 10 nitrogen and oxygen atoms in total. The number of methoxy groups -OCH3 is 1. The number of benzene rings is 7. The number of hydrogen-bond acceptors (Lipinski definition) is 7. The summed E-state index contributed by atoms with van der Waals surface area (Å²) in [6.07, 6.45) is 0.176. The number of anilines is 1. The second-order valence-corrected chi connectivity index (χ2v) is 23.9. The SMILES string of the molecule is COc1ccc(Cn2cnc([C@@H](CN(C(=O)c3ccc(Cl)cc3)C(=O)c3ccc(Cl)cc3)O[Si](c3ccccc3)(c3ccccc3)C(C)(C)C)c2N(C(=O)c2ccc(Cl)cc2)C(=O)c2ccc(Cl)cc2)cc1. The van der Waals surface area contributed by atoms with Crippen molar-refractivity contribution in [3.8, 4) is 5.75 Å². The lowest BCUT2D eigenvalue weighted by Crippen LogP contribution is -2.67. The van der Waals surface area contributed by atoms with Crippen LogP contribution < -0.4 is 20.0 Å². The highest BCUT2D eigenvalue weighted by Crippen LogP contribution is 2.42. The lowest BCUT2D eigenvalue weighted by molar-refractivity contribution is 0.0518. The van der Waals surface area contributed by atoms with E-state index in [9.17, 15) is 0 Å². The first-order chi connectivity index (χ1) is 34.6. The molecule has 0 aliphatic carbocycles. The summed E-state index contributed by atoms with van der Waals surface area (Å²) in [5.74, 6) is -2.15. The molecule has 72 heavy (non-hydrogen) atoms. The molecule has 0 aliphatic heterocycles. The molecule has 8 aromatic rings. The van der Waals surface area contributed by atoms with Crippen molar-refractivity contribution >= 4 is 94.5 Å². The van der Waals surface area contributed by atoms with Gasteiger partial charge in [0.2, 0.25) is 0 Å². The molecule has 0 radical (unpaired) electrons. The van der Waals surface area contributed by atoms with E-state index >= 15 is 19.2 Å². The summed E-state index contributed by atoms with van der Waals surface area (Å²) < 4.78 is 15.1. The molecule has 0 fully saturated rings. The molecule has 4 amide bonds. The van der Waals surface area contributed by atoms with Gasteiger partial charge >= 0.3 is 0 Å². The average Bonchev–Trinajstić information content (AvgIpc) is 3.79. The van der Waals surface area contributed by atoms with Crippen LogP contribution >= 0.6 is 46.4 Å². The molecule has 364 valence electrons. The van der Waals surface area contributed by atoms with Crippen LogP contribution in [0.1, 0.15) is 79.6 Å². The van der Waals surface area contributed by atoms with Gasteiger partial charge in [0, 0.05) is 42.3 Å². The highest BCUT2D eigenvalue weighted by molar-refractivity contribution is 6.99. The van der Waals surface area contributed by atoms with Crippen molar-refractivity contribution in [1.82, 2.24) is 14.5 Å². The highest BCUT2D eigenvalue weighted by atomic mass is 35.5. The third-order valence-electron chi connectivity index (χ3n) is 12.2. The Kier molecular flexibility index (Phi) is 16.0. The first kappa shape index (κ1) is 51.5. The monoisotopic (exact) mass is 1050 g/mol. The minimum atomic E-state index is -3.70. The molecule has 8 rings (SSSR count). The first-order valence-electron chi connectivity index (χ1n) is 22.8. The number of amides is 4. The van der Waals surface area contributed by atoms with Crippen molar-refractivity contribution in [3.63, 3.8) is 0 Å². The number of ether oxygens (including phenoxy) is 1. The van der Waals surface area contributed by atoms with Gasteiger partial charge in [-0.2, -0.15) is 0 Å². The van der Waals surface area contributed by atoms with Gasteiger partial charge < -0.3 is 13.7 Å². The number of aromatic nitrogens is 2. The fraction of sp³-hybridized carbons (Fsp3) is 0.140. The topological polar surface area (TPSA) is 111 Å². The maximum absolute atomic E-state index is 15.5. The van der Waals surface area contributed by atoms with Gasteiger partial charge in [0.15, 0.2) is 0 Å². The lowest BCUT2D eigenvalue weighted by Gasteiger charge is -2.45. The summed E-state index contributed by atoms with van der Waals surface area (Å²) >= 11 is 25.4. The Hall–Kier alpha value is -6.83. The summed E-state index contributed by atoms with van der Waals surface area (Å²) in [6.45, 7) is 5.91. The van der Waals surface area contributed by atoms with E-state index < -0.39 is 49.6 Å². The van der Waals surface area contributed by atoms with Crippen LogP contribution in [0.25, 0.3) is 0 Å². The molecule has 0 unspecified atom stereocenters. The number of carbonyl (C=O) groups is 4. The Labute approximate surface area is 439 Å². The molecule has 1 heterocycles. The molecule has 1 atom stereocenters. The van der Waals surface area contributed by atoms with E-state index in [0.717, 1.165) is 25.7 Å². The van der Waals surface area contributed by atoms with Gasteiger partial charge in [-0.1, -0.05) is 140 Å². The normalized spacial score (nSPS) is 11.9. The smallest absolute Gasteiger partial charge is 0.266 e. The van der Waals surface area contributed by atoms with Crippen molar-refractivity contribution in [2.45, 2.75) is 38.5 Å². The Bertz CT molecular complexity index is 3030. The van der Waals surface area contributed by atoms with Gasteiger partial charge in [-0.3, -0.25) is 24.1 Å². The van der Waals surface area contributed by atoms with Gasteiger partial charge in [0.1, 0.15) is 23.4 Å². The van der Waals surface area contributed by atoms with E-state index in [0.29, 0.717) is 25.8 Å². The number of imide groups is 2. The van der Waals surface area contributed by atoms with E-state index in [4.69, 9.17) is 60.6 Å². The molecule has 0 bridgehead atoms. The molecule has 0 saturated carbocycles. The third kappa shape index (κ3) is 11.1. The zero-order chi connectivity index (χ0) is 51.2. The van der Waals surface area contributed by atoms with Crippen molar-refractivity contribution in [1.29, 1.82) is 0 Å². The largest absolute Gasteiger partial charge is 0.497 e. The Balaban J connectivity index is 1.45. The highest BCUT2D eigenvalue weighted by Gasteiger charge is 2.53. The summed E-state index contributed by atoms with van der Waals surface area (Å²) in [5.41, 5.74) is 1.43. The zero-order valence-electron chi connectivity index (χ0n) is 39.6. The summed E-state index contributed by atoms with van der Waals surface area (Å²) in [5, 5.41) is 2.61. The minimum absolute atomic E-state index is 0.0199.